The van der Waals surface area contributed by atoms with E-state index in [2.05, 4.69) is 10.3 Å². The summed E-state index contributed by atoms with van der Waals surface area (Å²) in [6.45, 7) is 1.85. The number of nitrogens with one attached hydrogen (secondary N) is 1. The fourth-order valence-electron chi connectivity index (χ4n) is 1.63. The lowest BCUT2D eigenvalue weighted by atomic mass is 10.1. The summed E-state index contributed by atoms with van der Waals surface area (Å²) in [5.74, 6) is 0. The molecule has 1 aromatic heterocycles. The lowest BCUT2D eigenvalue weighted by Gasteiger charge is -2.08. The van der Waals surface area contributed by atoms with Crippen LogP contribution in [0.2, 0.25) is 0 Å². The van der Waals surface area contributed by atoms with Gasteiger partial charge in [0.05, 0.1) is 16.3 Å². The van der Waals surface area contributed by atoms with Gasteiger partial charge in [-0.05, 0) is 31.2 Å². The van der Waals surface area contributed by atoms with Gasteiger partial charge in [0.15, 0.2) is 0 Å². The van der Waals surface area contributed by atoms with Crippen LogP contribution in [0.1, 0.15) is 11.3 Å². The predicted octanol–water partition coefficient (Wildman–Crippen LogP) is 2.91. The van der Waals surface area contributed by atoms with Gasteiger partial charge < -0.3 is 5.32 Å². The first-order valence-corrected chi connectivity index (χ1v) is 5.49. The maximum absolute atomic E-state index is 10.7. The second-order valence-corrected chi connectivity index (χ2v) is 3.86. The molecule has 2 aromatic rings. The van der Waals surface area contributed by atoms with E-state index in [1.54, 1.807) is 18.3 Å². The third-order valence-electron chi connectivity index (χ3n) is 2.60. The number of aromatic nitrogens is 1. The van der Waals surface area contributed by atoms with E-state index in [0.717, 1.165) is 11.4 Å². The van der Waals surface area contributed by atoms with Crippen molar-refractivity contribution in [3.63, 3.8) is 0 Å². The van der Waals surface area contributed by atoms with E-state index in [9.17, 15) is 10.1 Å². The summed E-state index contributed by atoms with van der Waals surface area (Å²) in [4.78, 5) is 14.3. The minimum Gasteiger partial charge on any atom is -0.354 e. The zero-order valence-corrected chi connectivity index (χ0v) is 10.1. The Morgan fingerprint density at radius 3 is 2.84 bits per heavy atom. The van der Waals surface area contributed by atoms with E-state index in [1.165, 1.54) is 12.1 Å². The fraction of sp³-hybridized carbons (Fsp3) is 0.0769. The molecule has 6 nitrogen and oxygen atoms in total. The Labute approximate surface area is 109 Å². The largest absolute Gasteiger partial charge is 0.354 e. The van der Waals surface area contributed by atoms with Crippen LogP contribution in [-0.2, 0) is 0 Å². The third kappa shape index (κ3) is 2.66. The number of aryl methyl sites for hydroxylation is 1. The molecule has 0 bridgehead atoms. The molecule has 0 atom stereocenters. The molecule has 0 saturated heterocycles. The van der Waals surface area contributed by atoms with E-state index < -0.39 is 4.92 Å². The smallest absolute Gasteiger partial charge is 0.287 e. The maximum Gasteiger partial charge on any atom is 0.287 e. The molecule has 0 amide bonds. The molecule has 0 aliphatic heterocycles. The predicted molar refractivity (Wildman–Crippen MR) is 70.1 cm³/mol. The van der Waals surface area contributed by atoms with Crippen LogP contribution in [0.4, 0.5) is 17.1 Å². The lowest BCUT2D eigenvalue weighted by molar-refractivity contribution is -0.385. The van der Waals surface area contributed by atoms with Gasteiger partial charge in [-0.1, -0.05) is 0 Å². The number of hydrogen-bond acceptors (Lipinski definition) is 5. The van der Waals surface area contributed by atoms with Crippen LogP contribution in [0.15, 0.2) is 36.5 Å². The second-order valence-electron chi connectivity index (χ2n) is 3.86. The topological polar surface area (TPSA) is 91.8 Å². The summed E-state index contributed by atoms with van der Waals surface area (Å²) in [7, 11) is 0. The lowest BCUT2D eigenvalue weighted by Crippen LogP contribution is -1.97. The van der Waals surface area contributed by atoms with Gasteiger partial charge in [-0.15, -0.1) is 0 Å². The van der Waals surface area contributed by atoms with Crippen molar-refractivity contribution in [2.45, 2.75) is 6.92 Å². The summed E-state index contributed by atoms with van der Waals surface area (Å²) in [6, 6.07) is 9.77. The number of nitriles is 1. The number of nitro benzene ring substituents is 1. The summed E-state index contributed by atoms with van der Waals surface area (Å²) in [6.07, 6.45) is 1.68. The Kier molecular flexibility index (Phi) is 3.39. The number of hydrogen-bond donors (Lipinski definition) is 1. The average Bonchev–Trinajstić information content (AvgIpc) is 2.41. The molecule has 1 N–H and O–H groups in total. The highest BCUT2D eigenvalue weighted by molar-refractivity contribution is 5.66. The molecule has 19 heavy (non-hydrogen) atoms. The molecule has 0 unspecified atom stereocenters. The summed E-state index contributed by atoms with van der Waals surface area (Å²) >= 11 is 0. The first-order valence-electron chi connectivity index (χ1n) is 5.49. The number of pyridine rings is 1. The van der Waals surface area contributed by atoms with Gasteiger partial charge in [-0.2, -0.15) is 5.26 Å². The van der Waals surface area contributed by atoms with Crippen LogP contribution >= 0.6 is 0 Å². The maximum atomic E-state index is 10.7. The molecule has 0 aliphatic rings. The number of benzene rings is 1. The zero-order valence-electron chi connectivity index (χ0n) is 10.1. The van der Waals surface area contributed by atoms with Crippen molar-refractivity contribution in [3.05, 3.63) is 57.9 Å². The molecule has 0 saturated carbocycles. The molecule has 1 aromatic carbocycles. The standard InChI is InChI=1S/C13H10N4O2/c1-9-12(3-2-6-15-9)16-11-4-5-13(17(18)19)10(7-11)8-14/h2-7,16H,1H3. The van der Waals surface area contributed by atoms with Gasteiger partial charge in [-0.25, -0.2) is 0 Å². The van der Waals surface area contributed by atoms with Gasteiger partial charge >= 0.3 is 0 Å². The van der Waals surface area contributed by atoms with Crippen LogP contribution < -0.4 is 5.32 Å². The van der Waals surface area contributed by atoms with Gasteiger partial charge in [-0.3, -0.25) is 15.1 Å². The van der Waals surface area contributed by atoms with Crippen LogP contribution in [0.25, 0.3) is 0 Å². The van der Waals surface area contributed by atoms with Gasteiger partial charge in [0.2, 0.25) is 0 Å². The van der Waals surface area contributed by atoms with Crippen molar-refractivity contribution >= 4 is 17.1 Å². The number of anilines is 2. The highest BCUT2D eigenvalue weighted by Crippen LogP contribution is 2.25. The first-order chi connectivity index (χ1) is 9.11. The molecule has 1 heterocycles. The second kappa shape index (κ2) is 5.14. The molecule has 94 valence electrons. The zero-order chi connectivity index (χ0) is 13.8. The molecule has 0 spiro atoms. The molecule has 2 rings (SSSR count). The van der Waals surface area contributed by atoms with Crippen LogP contribution in [0, 0.1) is 28.4 Å². The summed E-state index contributed by atoms with van der Waals surface area (Å²) in [5.41, 5.74) is 2.03. The first kappa shape index (κ1) is 12.5. The molecule has 0 aliphatic carbocycles. The van der Waals surface area contributed by atoms with E-state index in [1.807, 2.05) is 19.1 Å². The molecular weight excluding hydrogens is 244 g/mol. The minimum atomic E-state index is -0.572. The van der Waals surface area contributed by atoms with Crippen molar-refractivity contribution < 1.29 is 4.92 Å². The molecule has 0 fully saturated rings. The minimum absolute atomic E-state index is 0.0246. The van der Waals surface area contributed by atoms with Crippen molar-refractivity contribution in [3.8, 4) is 6.07 Å². The summed E-state index contributed by atoms with van der Waals surface area (Å²) < 4.78 is 0. The average molecular weight is 254 g/mol. The Balaban J connectivity index is 2.36. The van der Waals surface area contributed by atoms with E-state index in [-0.39, 0.29) is 11.3 Å². The monoisotopic (exact) mass is 254 g/mol. The van der Waals surface area contributed by atoms with E-state index in [4.69, 9.17) is 5.26 Å². The van der Waals surface area contributed by atoms with Gasteiger partial charge in [0.1, 0.15) is 11.6 Å². The van der Waals surface area contributed by atoms with Crippen molar-refractivity contribution in [2.24, 2.45) is 0 Å². The third-order valence-corrected chi connectivity index (χ3v) is 2.60. The molecule has 0 radical (unpaired) electrons. The number of nitro groups is 1. The van der Waals surface area contributed by atoms with Crippen molar-refractivity contribution in [2.75, 3.05) is 5.32 Å². The van der Waals surface area contributed by atoms with Crippen molar-refractivity contribution in [1.29, 1.82) is 5.26 Å². The van der Waals surface area contributed by atoms with Crippen LogP contribution in [0.3, 0.4) is 0 Å². The normalized spacial score (nSPS) is 9.68. The Bertz CT molecular complexity index is 677. The highest BCUT2D eigenvalue weighted by atomic mass is 16.6. The van der Waals surface area contributed by atoms with Crippen molar-refractivity contribution in [1.82, 2.24) is 4.98 Å². The fourth-order valence-corrected chi connectivity index (χ4v) is 1.63. The summed E-state index contributed by atoms with van der Waals surface area (Å²) in [5, 5.41) is 22.7. The van der Waals surface area contributed by atoms with E-state index in [0.29, 0.717) is 5.69 Å². The van der Waals surface area contributed by atoms with Gasteiger partial charge in [0, 0.05) is 18.0 Å². The Morgan fingerprint density at radius 2 is 2.21 bits per heavy atom. The SMILES string of the molecule is Cc1ncccc1Nc1ccc([N+](=O)[O-])c(C#N)c1. The van der Waals surface area contributed by atoms with Crippen LogP contribution in [0.5, 0.6) is 0 Å². The quantitative estimate of drug-likeness (QED) is 0.671. The van der Waals surface area contributed by atoms with Gasteiger partial charge in [0.25, 0.3) is 5.69 Å². The van der Waals surface area contributed by atoms with Crippen LogP contribution in [-0.4, -0.2) is 9.91 Å². The number of nitrogens with zero attached hydrogens (tertiary/aromatic N) is 3. The Hall–Kier alpha value is -2.94. The van der Waals surface area contributed by atoms with E-state index >= 15 is 0 Å². The number of rotatable bonds is 3. The molecular formula is C13H10N4O2. The molecule has 6 heteroatoms. The Morgan fingerprint density at radius 1 is 1.42 bits per heavy atom. The highest BCUT2D eigenvalue weighted by Gasteiger charge is 2.13.